The molecule has 0 aliphatic carbocycles. The quantitative estimate of drug-likeness (QED) is 0.741. The van der Waals surface area contributed by atoms with Crippen molar-refractivity contribution in [1.82, 2.24) is 24.5 Å². The van der Waals surface area contributed by atoms with Gasteiger partial charge in [-0.15, -0.1) is 0 Å². The molecule has 0 spiro atoms. The van der Waals surface area contributed by atoms with Gasteiger partial charge in [0.1, 0.15) is 11.6 Å². The SMILES string of the molecule is CC(C)OC(=O)N1CCN(c2ccn3ncc(-c4cccnc4N)c3n2)CC1. The Morgan fingerprint density at radius 2 is 1.96 bits per heavy atom. The predicted octanol–water partition coefficient (Wildman–Crippen LogP) is 2.04. The maximum atomic E-state index is 12.1. The van der Waals surface area contributed by atoms with Crippen LogP contribution in [0.1, 0.15) is 13.8 Å². The van der Waals surface area contributed by atoms with Crippen molar-refractivity contribution in [2.24, 2.45) is 0 Å². The molecule has 1 saturated heterocycles. The number of aromatic nitrogens is 4. The topological polar surface area (TPSA) is 102 Å². The second-order valence-corrected chi connectivity index (χ2v) is 6.95. The second-order valence-electron chi connectivity index (χ2n) is 6.95. The van der Waals surface area contributed by atoms with Crippen molar-refractivity contribution in [3.8, 4) is 11.1 Å². The Morgan fingerprint density at radius 3 is 2.68 bits per heavy atom. The predicted molar refractivity (Wildman–Crippen MR) is 106 cm³/mol. The van der Waals surface area contributed by atoms with Crippen LogP contribution >= 0.6 is 0 Å². The molecule has 2 N–H and O–H groups in total. The molecule has 9 nitrogen and oxygen atoms in total. The molecule has 146 valence electrons. The van der Waals surface area contributed by atoms with Gasteiger partial charge in [0.05, 0.1) is 17.9 Å². The summed E-state index contributed by atoms with van der Waals surface area (Å²) in [6, 6.07) is 5.68. The third-order valence-corrected chi connectivity index (χ3v) is 4.68. The van der Waals surface area contributed by atoms with Crippen LogP contribution in [0.2, 0.25) is 0 Å². The first-order chi connectivity index (χ1) is 13.5. The summed E-state index contributed by atoms with van der Waals surface area (Å²) in [5, 5.41) is 4.37. The second kappa shape index (κ2) is 7.34. The lowest BCUT2D eigenvalue weighted by molar-refractivity contribution is 0.0751. The molecule has 0 saturated carbocycles. The number of ether oxygens (including phenoxy) is 1. The minimum Gasteiger partial charge on any atom is -0.447 e. The number of rotatable bonds is 3. The molecule has 4 heterocycles. The summed E-state index contributed by atoms with van der Waals surface area (Å²) in [4.78, 5) is 24.9. The van der Waals surface area contributed by atoms with E-state index in [1.54, 1.807) is 21.8 Å². The van der Waals surface area contributed by atoms with Gasteiger partial charge < -0.3 is 20.3 Å². The maximum absolute atomic E-state index is 12.1. The highest BCUT2D eigenvalue weighted by molar-refractivity contribution is 5.83. The summed E-state index contributed by atoms with van der Waals surface area (Å²) in [6.07, 6.45) is 4.91. The molecule has 1 amide bonds. The number of pyridine rings is 1. The monoisotopic (exact) mass is 381 g/mol. The van der Waals surface area contributed by atoms with Crippen molar-refractivity contribution in [3.63, 3.8) is 0 Å². The Balaban J connectivity index is 1.55. The summed E-state index contributed by atoms with van der Waals surface area (Å²) in [7, 11) is 0. The van der Waals surface area contributed by atoms with E-state index in [0.717, 1.165) is 22.6 Å². The third kappa shape index (κ3) is 3.42. The van der Waals surface area contributed by atoms with Gasteiger partial charge >= 0.3 is 6.09 Å². The first kappa shape index (κ1) is 18.0. The maximum Gasteiger partial charge on any atom is 0.410 e. The Hall–Kier alpha value is -3.36. The zero-order valence-electron chi connectivity index (χ0n) is 15.9. The van der Waals surface area contributed by atoms with Gasteiger partial charge in [0.25, 0.3) is 0 Å². The van der Waals surface area contributed by atoms with Crippen molar-refractivity contribution in [1.29, 1.82) is 0 Å². The lowest BCUT2D eigenvalue weighted by atomic mass is 10.1. The fourth-order valence-corrected chi connectivity index (χ4v) is 3.27. The lowest BCUT2D eigenvalue weighted by Crippen LogP contribution is -2.49. The van der Waals surface area contributed by atoms with Gasteiger partial charge in [-0.05, 0) is 32.0 Å². The molecule has 4 rings (SSSR count). The zero-order valence-corrected chi connectivity index (χ0v) is 15.9. The van der Waals surface area contributed by atoms with Crippen molar-refractivity contribution in [2.45, 2.75) is 20.0 Å². The van der Waals surface area contributed by atoms with Crippen LogP contribution in [0.25, 0.3) is 16.8 Å². The van der Waals surface area contributed by atoms with Gasteiger partial charge in [0.15, 0.2) is 5.65 Å². The highest BCUT2D eigenvalue weighted by Crippen LogP contribution is 2.28. The van der Waals surface area contributed by atoms with Crippen molar-refractivity contribution < 1.29 is 9.53 Å². The van der Waals surface area contributed by atoms with E-state index in [2.05, 4.69) is 15.0 Å². The Bertz CT molecular complexity index is 993. The number of amides is 1. The number of nitrogens with two attached hydrogens (primary N) is 1. The van der Waals surface area contributed by atoms with Crippen LogP contribution in [-0.2, 0) is 4.74 Å². The molecule has 0 aromatic carbocycles. The number of anilines is 2. The van der Waals surface area contributed by atoms with Crippen LogP contribution in [0.15, 0.2) is 36.8 Å². The van der Waals surface area contributed by atoms with Gasteiger partial charge in [-0.3, -0.25) is 0 Å². The normalized spacial score (nSPS) is 14.7. The fraction of sp³-hybridized carbons (Fsp3) is 0.368. The van der Waals surface area contributed by atoms with Gasteiger partial charge in [0, 0.05) is 44.1 Å². The van der Waals surface area contributed by atoms with Gasteiger partial charge in [-0.25, -0.2) is 19.3 Å². The Morgan fingerprint density at radius 1 is 1.18 bits per heavy atom. The van der Waals surface area contributed by atoms with E-state index in [0.29, 0.717) is 32.0 Å². The van der Waals surface area contributed by atoms with Crippen LogP contribution in [0.4, 0.5) is 16.4 Å². The van der Waals surface area contributed by atoms with E-state index in [1.807, 2.05) is 38.2 Å². The highest BCUT2D eigenvalue weighted by Gasteiger charge is 2.24. The van der Waals surface area contributed by atoms with E-state index in [4.69, 9.17) is 15.5 Å². The first-order valence-corrected chi connectivity index (χ1v) is 9.28. The number of hydrogen-bond donors (Lipinski definition) is 1. The summed E-state index contributed by atoms with van der Waals surface area (Å²) in [5.74, 6) is 1.29. The van der Waals surface area contributed by atoms with Crippen LogP contribution < -0.4 is 10.6 Å². The van der Waals surface area contributed by atoms with Crippen LogP contribution in [0, 0.1) is 0 Å². The summed E-state index contributed by atoms with van der Waals surface area (Å²) < 4.78 is 7.00. The molecular weight excluding hydrogens is 358 g/mol. The number of carbonyl (C=O) groups excluding carboxylic acids is 1. The number of hydrogen-bond acceptors (Lipinski definition) is 7. The number of piperazine rings is 1. The molecule has 9 heteroatoms. The molecule has 1 aliphatic rings. The van der Waals surface area contributed by atoms with Crippen molar-refractivity contribution in [3.05, 3.63) is 36.8 Å². The zero-order chi connectivity index (χ0) is 19.7. The summed E-state index contributed by atoms with van der Waals surface area (Å²) in [5.41, 5.74) is 8.40. The van der Waals surface area contributed by atoms with E-state index < -0.39 is 0 Å². The number of nitrogen functional groups attached to an aromatic ring is 1. The fourth-order valence-electron chi connectivity index (χ4n) is 3.27. The van der Waals surface area contributed by atoms with Crippen LogP contribution in [-0.4, -0.2) is 62.9 Å². The highest BCUT2D eigenvalue weighted by atomic mass is 16.6. The average molecular weight is 381 g/mol. The molecule has 0 atom stereocenters. The standard InChI is InChI=1S/C19H23N7O2/c1-13(2)28-19(27)25-10-8-24(9-11-25)16-5-7-26-18(23-16)15(12-22-26)14-4-3-6-21-17(14)20/h3-7,12-13H,8-11H2,1-2H3,(H2,20,21). The van der Waals surface area contributed by atoms with Gasteiger partial charge in [-0.1, -0.05) is 0 Å². The van der Waals surface area contributed by atoms with E-state index in [9.17, 15) is 4.79 Å². The van der Waals surface area contributed by atoms with E-state index in [-0.39, 0.29) is 12.2 Å². The number of nitrogens with zero attached hydrogens (tertiary/aromatic N) is 6. The van der Waals surface area contributed by atoms with Gasteiger partial charge in [-0.2, -0.15) is 5.10 Å². The largest absolute Gasteiger partial charge is 0.447 e. The van der Waals surface area contributed by atoms with Crippen LogP contribution in [0.5, 0.6) is 0 Å². The van der Waals surface area contributed by atoms with Crippen molar-refractivity contribution >= 4 is 23.4 Å². The number of fused-ring (bicyclic) bond motifs is 1. The Labute approximate surface area is 162 Å². The summed E-state index contributed by atoms with van der Waals surface area (Å²) in [6.45, 7) is 6.28. The molecular formula is C19H23N7O2. The lowest BCUT2D eigenvalue weighted by Gasteiger charge is -2.35. The van der Waals surface area contributed by atoms with Gasteiger partial charge in [0.2, 0.25) is 0 Å². The molecule has 0 bridgehead atoms. The van der Waals surface area contributed by atoms with Crippen molar-refractivity contribution in [2.75, 3.05) is 36.8 Å². The smallest absolute Gasteiger partial charge is 0.410 e. The Kier molecular flexibility index (Phi) is 4.72. The molecule has 0 radical (unpaired) electrons. The summed E-state index contributed by atoms with van der Waals surface area (Å²) >= 11 is 0. The molecule has 0 unspecified atom stereocenters. The van der Waals surface area contributed by atoms with E-state index in [1.165, 1.54) is 0 Å². The van der Waals surface area contributed by atoms with Crippen LogP contribution in [0.3, 0.4) is 0 Å². The molecule has 1 fully saturated rings. The first-order valence-electron chi connectivity index (χ1n) is 9.28. The van der Waals surface area contributed by atoms with E-state index >= 15 is 0 Å². The molecule has 3 aromatic rings. The molecule has 1 aliphatic heterocycles. The third-order valence-electron chi connectivity index (χ3n) is 4.68. The molecule has 28 heavy (non-hydrogen) atoms. The minimum atomic E-state index is -0.261. The average Bonchev–Trinajstić information content (AvgIpc) is 3.11. The molecule has 3 aromatic heterocycles. The minimum absolute atomic E-state index is 0.116. The number of carbonyl (C=O) groups is 1.